The number of phenols is 1. The van der Waals surface area contributed by atoms with Gasteiger partial charge in [0.1, 0.15) is 41.9 Å². The summed E-state index contributed by atoms with van der Waals surface area (Å²) in [7, 11) is 0. The number of hydrogen-bond donors (Lipinski definition) is 9. The first kappa shape index (κ1) is 35.7. The van der Waals surface area contributed by atoms with E-state index in [1.807, 2.05) is 0 Å². The van der Waals surface area contributed by atoms with Crippen LogP contribution in [0.5, 0.6) is 17.2 Å². The van der Waals surface area contributed by atoms with Crippen molar-refractivity contribution in [3.8, 4) is 17.2 Å². The Hall–Kier alpha value is -5.59. The van der Waals surface area contributed by atoms with Crippen LogP contribution < -0.4 is 14.8 Å². The second-order valence-electron chi connectivity index (χ2n) is 11.5. The minimum Gasteiger partial charge on any atom is -0.508 e. The Morgan fingerprint density at radius 1 is 0.940 bits per heavy atom. The Morgan fingerprint density at radius 3 is 2.30 bits per heavy atom. The zero-order chi connectivity index (χ0) is 36.3. The fraction of sp³-hybridized carbons (Fsp3) is 0.303. The second-order valence-corrected chi connectivity index (χ2v) is 11.5. The molecule has 9 N–H and O–H groups in total. The number of aliphatic hydroxyl groups is 4. The summed E-state index contributed by atoms with van der Waals surface area (Å²) in [4.78, 5) is 48.5. The summed E-state index contributed by atoms with van der Waals surface area (Å²) in [5.74, 6) is -5.38. The Labute approximate surface area is 282 Å². The molecule has 0 aliphatic carbocycles. The molecular formula is C33H33N2O15+. The summed E-state index contributed by atoms with van der Waals surface area (Å²) in [6, 6.07) is 6.01. The van der Waals surface area contributed by atoms with E-state index in [0.29, 0.717) is 11.1 Å². The lowest BCUT2D eigenvalue weighted by Gasteiger charge is -2.39. The van der Waals surface area contributed by atoms with E-state index < -0.39 is 73.3 Å². The van der Waals surface area contributed by atoms with Gasteiger partial charge in [0.15, 0.2) is 17.7 Å². The largest absolute Gasteiger partial charge is 0.508 e. The maximum absolute atomic E-state index is 12.9. The normalized spacial score (nSPS) is 27.8. The van der Waals surface area contributed by atoms with E-state index in [1.54, 1.807) is 12.1 Å². The third-order valence-electron chi connectivity index (χ3n) is 8.14. The number of nitrogens with one attached hydrogen (secondary N) is 1. The number of carbonyl (C=O) groups excluding carboxylic acids is 1. The highest BCUT2D eigenvalue weighted by Crippen LogP contribution is 2.41. The number of aliphatic hydroxyl groups excluding tert-OH is 4. The van der Waals surface area contributed by atoms with Gasteiger partial charge in [-0.1, -0.05) is 12.1 Å². The molecule has 0 bridgehead atoms. The number of carbonyl (C=O) groups is 4. The fourth-order valence-electron chi connectivity index (χ4n) is 5.54. The van der Waals surface area contributed by atoms with Crippen molar-refractivity contribution in [3.05, 3.63) is 77.0 Å². The highest BCUT2D eigenvalue weighted by atomic mass is 16.7. The van der Waals surface area contributed by atoms with Gasteiger partial charge in [0.05, 0.1) is 19.1 Å². The number of fused-ring (bicyclic) bond motifs is 1. The molecular weight excluding hydrogens is 664 g/mol. The highest BCUT2D eigenvalue weighted by Gasteiger charge is 2.46. The third kappa shape index (κ3) is 7.82. The van der Waals surface area contributed by atoms with Crippen LogP contribution in [0.3, 0.4) is 0 Å². The number of rotatable bonds is 10. The molecule has 17 nitrogen and oxygen atoms in total. The van der Waals surface area contributed by atoms with Gasteiger partial charge < -0.3 is 60.4 Å². The molecule has 17 heteroatoms. The molecule has 3 aliphatic heterocycles. The van der Waals surface area contributed by atoms with Gasteiger partial charge in [0.2, 0.25) is 12.0 Å². The molecule has 3 heterocycles. The summed E-state index contributed by atoms with van der Waals surface area (Å²) < 4.78 is 18.1. The second kappa shape index (κ2) is 14.9. The van der Waals surface area contributed by atoms with Gasteiger partial charge >= 0.3 is 23.9 Å². The smallest absolute Gasteiger partial charge is 0.373 e. The molecule has 264 valence electrons. The standard InChI is InChI=1S/C33H32N2O15/c36-14-25-27(39)28(40)29(41)33(50-25)49-24-13-21-17(12-23(24)48-26(38)6-3-15-1-4-18(37)5-2-15)11-22(32(46)47)35(21)8-7-16-9-19(30(42)43)34-20(10-16)31(44)45/h1-9,12-13,20,22,25,27-29,33,36,39-41H,10-11,14H2,(H4,37,38,42,43,44,45,46,47)/p+1/t20-,22-,25+,27+,28-,29+,33+/m0/s1. The molecule has 7 atom stereocenters. The molecule has 0 unspecified atom stereocenters. The van der Waals surface area contributed by atoms with Crippen LogP contribution in [-0.2, 0) is 30.3 Å². The van der Waals surface area contributed by atoms with Crippen LogP contribution in [0.15, 0.2) is 65.9 Å². The van der Waals surface area contributed by atoms with Crippen LogP contribution in [-0.4, -0.2) is 125 Å². The molecule has 0 aromatic heterocycles. The SMILES string of the molecule is O=C(/C=C/c1ccc(O)cc1)Oc1cc2c(cc1O[C@@H]1O[C@H](CO)[C@@H](O)[C@H](O)[C@H]1O)[N+](=C/C=C1/C=C(C(=O)O)N[C@H](C(=O)O)C1)[C@H](C(=O)O)C2. The zero-order valence-corrected chi connectivity index (χ0v) is 25.9. The first-order chi connectivity index (χ1) is 23.7. The van der Waals surface area contributed by atoms with E-state index in [0.717, 1.165) is 6.08 Å². The summed E-state index contributed by atoms with van der Waals surface area (Å²) in [6.07, 6.45) is -2.28. The fourth-order valence-corrected chi connectivity index (χ4v) is 5.54. The summed E-state index contributed by atoms with van der Waals surface area (Å²) >= 11 is 0. The van der Waals surface area contributed by atoms with Crippen molar-refractivity contribution in [2.45, 2.75) is 55.6 Å². The van der Waals surface area contributed by atoms with E-state index in [1.165, 1.54) is 53.3 Å². The molecule has 1 saturated heterocycles. The van der Waals surface area contributed by atoms with Crippen molar-refractivity contribution in [2.75, 3.05) is 6.61 Å². The van der Waals surface area contributed by atoms with E-state index in [9.17, 15) is 60.0 Å². The number of allylic oxidation sites excluding steroid dienone is 2. The van der Waals surface area contributed by atoms with Gasteiger partial charge in [-0.15, -0.1) is 0 Å². The zero-order valence-electron chi connectivity index (χ0n) is 25.9. The predicted molar refractivity (Wildman–Crippen MR) is 168 cm³/mol. The van der Waals surface area contributed by atoms with Crippen LogP contribution in [0, 0.1) is 0 Å². The lowest BCUT2D eigenvalue weighted by atomic mass is 9.99. The predicted octanol–water partition coefficient (Wildman–Crippen LogP) is -0.745. The number of benzene rings is 2. The monoisotopic (exact) mass is 697 g/mol. The van der Waals surface area contributed by atoms with Gasteiger partial charge in [-0.25, -0.2) is 19.2 Å². The quantitative estimate of drug-likeness (QED) is 0.0640. The number of aromatic hydroxyl groups is 1. The number of phenolic OH excluding ortho intramolecular Hbond substituents is 1. The molecule has 0 radical (unpaired) electrons. The lowest BCUT2D eigenvalue weighted by molar-refractivity contribution is -0.456. The molecule has 5 rings (SSSR count). The van der Waals surface area contributed by atoms with Gasteiger partial charge in [0, 0.05) is 24.1 Å². The van der Waals surface area contributed by atoms with Crippen LogP contribution in [0.25, 0.3) is 6.08 Å². The van der Waals surface area contributed by atoms with Gasteiger partial charge in [-0.3, -0.25) is 0 Å². The van der Waals surface area contributed by atoms with E-state index in [2.05, 4.69) is 5.32 Å². The van der Waals surface area contributed by atoms with Crippen LogP contribution in [0.4, 0.5) is 5.69 Å². The Morgan fingerprint density at radius 2 is 1.66 bits per heavy atom. The molecule has 3 aliphatic rings. The van der Waals surface area contributed by atoms with E-state index >= 15 is 0 Å². The number of nitrogens with zero attached hydrogens (tertiary/aromatic N) is 1. The Balaban J connectivity index is 1.55. The minimum absolute atomic E-state index is 0.0154. The first-order valence-electron chi connectivity index (χ1n) is 15.1. The van der Waals surface area contributed by atoms with Gasteiger partial charge in [-0.2, -0.15) is 4.58 Å². The lowest BCUT2D eigenvalue weighted by Crippen LogP contribution is -2.60. The summed E-state index contributed by atoms with van der Waals surface area (Å²) in [5.41, 5.74) is 0.995. The van der Waals surface area contributed by atoms with Crippen molar-refractivity contribution in [1.29, 1.82) is 0 Å². The molecule has 0 spiro atoms. The van der Waals surface area contributed by atoms with Crippen LogP contribution in [0.2, 0.25) is 0 Å². The molecule has 2 aromatic carbocycles. The number of ether oxygens (including phenoxy) is 3. The Bertz CT molecular complexity index is 1800. The summed E-state index contributed by atoms with van der Waals surface area (Å²) in [5, 5.41) is 81.6. The van der Waals surface area contributed by atoms with E-state index in [4.69, 9.17) is 14.2 Å². The molecule has 0 amide bonds. The maximum Gasteiger partial charge on any atom is 0.373 e. The van der Waals surface area contributed by atoms with Crippen molar-refractivity contribution < 1.29 is 78.8 Å². The highest BCUT2D eigenvalue weighted by molar-refractivity contribution is 5.90. The maximum atomic E-state index is 12.9. The average Bonchev–Trinajstić information content (AvgIpc) is 3.44. The average molecular weight is 698 g/mol. The third-order valence-corrected chi connectivity index (χ3v) is 8.14. The van der Waals surface area contributed by atoms with Gasteiger partial charge in [-0.05, 0) is 41.5 Å². The number of aliphatic carboxylic acids is 3. The van der Waals surface area contributed by atoms with E-state index in [-0.39, 0.29) is 47.0 Å². The molecule has 2 aromatic rings. The topological polar surface area (TPSA) is 273 Å². The molecule has 0 saturated carbocycles. The molecule has 50 heavy (non-hydrogen) atoms. The number of hydrogen-bond acceptors (Lipinski definition) is 13. The molecule has 1 fully saturated rings. The van der Waals surface area contributed by atoms with Crippen molar-refractivity contribution in [3.63, 3.8) is 0 Å². The Kier molecular flexibility index (Phi) is 10.6. The van der Waals surface area contributed by atoms with Crippen molar-refractivity contribution in [2.24, 2.45) is 0 Å². The number of carboxylic acid groups (broad SMARTS) is 3. The van der Waals surface area contributed by atoms with Crippen LogP contribution >= 0.6 is 0 Å². The summed E-state index contributed by atoms with van der Waals surface area (Å²) in [6.45, 7) is -0.757. The minimum atomic E-state index is -1.85. The van der Waals surface area contributed by atoms with Crippen molar-refractivity contribution in [1.82, 2.24) is 5.32 Å². The first-order valence-corrected chi connectivity index (χ1v) is 15.1. The van der Waals surface area contributed by atoms with Crippen LogP contribution in [0.1, 0.15) is 17.5 Å². The van der Waals surface area contributed by atoms with Crippen molar-refractivity contribution >= 4 is 41.9 Å². The number of carboxylic acids is 3. The van der Waals surface area contributed by atoms with Gasteiger partial charge in [0.25, 0.3) is 6.04 Å². The number of esters is 1.